The molecule has 0 amide bonds. The lowest BCUT2D eigenvalue weighted by Gasteiger charge is -2.27. The summed E-state index contributed by atoms with van der Waals surface area (Å²) in [6, 6.07) is 8.08. The van der Waals surface area contributed by atoms with Gasteiger partial charge in [-0.2, -0.15) is 0 Å². The van der Waals surface area contributed by atoms with Gasteiger partial charge in [-0.05, 0) is 30.7 Å². The standard InChI is InChI=1S/C11H15BrN2O2S/c12-10-2-4-11(5-3-10)14-7-1-9-17(15,16)13-6-8-14/h2-5,13H,1,6-9H2. The van der Waals surface area contributed by atoms with E-state index in [1.54, 1.807) is 0 Å². The SMILES string of the molecule is O=S1(=O)CCCN(c2ccc(Br)cc2)CCN1. The summed E-state index contributed by atoms with van der Waals surface area (Å²) in [6.07, 6.45) is 0.658. The maximum atomic E-state index is 11.4. The van der Waals surface area contributed by atoms with Crippen LogP contribution in [0.15, 0.2) is 28.7 Å². The highest BCUT2D eigenvalue weighted by Gasteiger charge is 2.16. The monoisotopic (exact) mass is 318 g/mol. The summed E-state index contributed by atoms with van der Waals surface area (Å²) in [5.74, 6) is 0.208. The molecule has 1 aliphatic heterocycles. The number of hydrogen-bond acceptors (Lipinski definition) is 3. The van der Waals surface area contributed by atoms with E-state index in [2.05, 4.69) is 25.6 Å². The van der Waals surface area contributed by atoms with E-state index in [0.717, 1.165) is 16.7 Å². The summed E-state index contributed by atoms with van der Waals surface area (Å²) < 4.78 is 26.4. The van der Waals surface area contributed by atoms with Crippen molar-refractivity contribution in [1.82, 2.24) is 4.72 Å². The van der Waals surface area contributed by atoms with E-state index in [1.165, 1.54) is 0 Å². The first kappa shape index (κ1) is 12.9. The van der Waals surface area contributed by atoms with Crippen LogP contribution in [-0.2, 0) is 10.0 Å². The van der Waals surface area contributed by atoms with Gasteiger partial charge in [0, 0.05) is 29.8 Å². The van der Waals surface area contributed by atoms with Crippen LogP contribution in [0, 0.1) is 0 Å². The molecule has 94 valence electrons. The highest BCUT2D eigenvalue weighted by atomic mass is 79.9. The molecule has 1 heterocycles. The first-order chi connectivity index (χ1) is 8.07. The number of halogens is 1. The Bertz CT molecular complexity index is 457. The van der Waals surface area contributed by atoms with Crippen molar-refractivity contribution in [2.24, 2.45) is 0 Å². The normalized spacial score (nSPS) is 20.6. The molecule has 0 bridgehead atoms. The number of sulfonamides is 1. The van der Waals surface area contributed by atoms with Crippen molar-refractivity contribution in [2.45, 2.75) is 6.42 Å². The van der Waals surface area contributed by atoms with E-state index >= 15 is 0 Å². The largest absolute Gasteiger partial charge is 0.370 e. The van der Waals surface area contributed by atoms with Crippen LogP contribution in [0.4, 0.5) is 5.69 Å². The minimum atomic E-state index is -3.04. The van der Waals surface area contributed by atoms with Crippen molar-refractivity contribution in [1.29, 1.82) is 0 Å². The fraction of sp³-hybridized carbons (Fsp3) is 0.455. The quantitative estimate of drug-likeness (QED) is 0.855. The van der Waals surface area contributed by atoms with Crippen LogP contribution in [0.2, 0.25) is 0 Å². The van der Waals surface area contributed by atoms with Gasteiger partial charge in [0.15, 0.2) is 0 Å². The van der Waals surface area contributed by atoms with Crippen molar-refractivity contribution in [2.75, 3.05) is 30.3 Å². The molecular weight excluding hydrogens is 304 g/mol. The smallest absolute Gasteiger partial charge is 0.211 e. The zero-order valence-corrected chi connectivity index (χ0v) is 11.8. The predicted molar refractivity (Wildman–Crippen MR) is 72.8 cm³/mol. The first-order valence-electron chi connectivity index (χ1n) is 5.55. The molecule has 0 atom stereocenters. The van der Waals surface area contributed by atoms with Crippen molar-refractivity contribution in [3.63, 3.8) is 0 Å². The van der Waals surface area contributed by atoms with Crippen LogP contribution in [0.1, 0.15) is 6.42 Å². The molecule has 1 N–H and O–H groups in total. The maximum absolute atomic E-state index is 11.4. The van der Waals surface area contributed by atoms with Crippen LogP contribution < -0.4 is 9.62 Å². The molecule has 0 saturated carbocycles. The van der Waals surface area contributed by atoms with Gasteiger partial charge in [-0.25, -0.2) is 13.1 Å². The van der Waals surface area contributed by atoms with Gasteiger partial charge in [0.25, 0.3) is 0 Å². The van der Waals surface area contributed by atoms with Crippen molar-refractivity contribution < 1.29 is 8.42 Å². The maximum Gasteiger partial charge on any atom is 0.211 e. The Morgan fingerprint density at radius 1 is 1.18 bits per heavy atom. The molecule has 4 nitrogen and oxygen atoms in total. The Morgan fingerprint density at radius 3 is 2.59 bits per heavy atom. The van der Waals surface area contributed by atoms with E-state index in [9.17, 15) is 8.42 Å². The average molecular weight is 319 g/mol. The lowest BCUT2D eigenvalue weighted by atomic mass is 10.2. The molecule has 1 saturated heterocycles. The summed E-state index contributed by atoms with van der Waals surface area (Å²) in [6.45, 7) is 1.96. The van der Waals surface area contributed by atoms with E-state index in [-0.39, 0.29) is 5.75 Å². The van der Waals surface area contributed by atoms with Gasteiger partial charge >= 0.3 is 0 Å². The summed E-state index contributed by atoms with van der Waals surface area (Å²) in [7, 11) is -3.04. The fourth-order valence-corrected chi connectivity index (χ4v) is 3.20. The fourth-order valence-electron chi connectivity index (χ4n) is 1.88. The van der Waals surface area contributed by atoms with Gasteiger partial charge < -0.3 is 4.90 Å². The molecular formula is C11H15BrN2O2S. The third-order valence-electron chi connectivity index (χ3n) is 2.74. The second-order valence-corrected chi connectivity index (χ2v) is 6.87. The molecule has 0 aliphatic carbocycles. The van der Waals surface area contributed by atoms with Crippen LogP contribution in [0.3, 0.4) is 0 Å². The average Bonchev–Trinajstić information content (AvgIpc) is 2.25. The first-order valence-corrected chi connectivity index (χ1v) is 7.99. The molecule has 0 aromatic heterocycles. The molecule has 1 aromatic rings. The molecule has 6 heteroatoms. The molecule has 0 spiro atoms. The van der Waals surface area contributed by atoms with Gasteiger partial charge in [-0.3, -0.25) is 0 Å². The van der Waals surface area contributed by atoms with Crippen LogP contribution in [-0.4, -0.2) is 33.8 Å². The molecule has 17 heavy (non-hydrogen) atoms. The number of nitrogens with zero attached hydrogens (tertiary/aromatic N) is 1. The van der Waals surface area contributed by atoms with E-state index in [0.29, 0.717) is 19.5 Å². The summed E-state index contributed by atoms with van der Waals surface area (Å²) in [4.78, 5) is 2.20. The molecule has 1 aliphatic rings. The Kier molecular flexibility index (Phi) is 4.06. The summed E-state index contributed by atoms with van der Waals surface area (Å²) in [5.41, 5.74) is 1.13. The highest BCUT2D eigenvalue weighted by molar-refractivity contribution is 9.10. The third kappa shape index (κ3) is 3.69. The van der Waals surface area contributed by atoms with Crippen molar-refractivity contribution in [3.05, 3.63) is 28.7 Å². The number of anilines is 1. The third-order valence-corrected chi connectivity index (χ3v) is 4.74. The Morgan fingerprint density at radius 2 is 1.88 bits per heavy atom. The molecule has 0 radical (unpaired) electrons. The minimum absolute atomic E-state index is 0.208. The second-order valence-electron chi connectivity index (χ2n) is 4.03. The Labute approximate surface area is 110 Å². The predicted octanol–water partition coefficient (Wildman–Crippen LogP) is 1.58. The van der Waals surface area contributed by atoms with Gasteiger partial charge in [0.2, 0.25) is 10.0 Å². The van der Waals surface area contributed by atoms with Gasteiger partial charge in [0.1, 0.15) is 0 Å². The summed E-state index contributed by atoms with van der Waals surface area (Å²) >= 11 is 3.40. The lowest BCUT2D eigenvalue weighted by Crippen LogP contribution is -2.40. The van der Waals surface area contributed by atoms with Crippen LogP contribution in [0.5, 0.6) is 0 Å². The van der Waals surface area contributed by atoms with Crippen LogP contribution in [0.25, 0.3) is 0 Å². The van der Waals surface area contributed by atoms with E-state index < -0.39 is 10.0 Å². The molecule has 1 aromatic carbocycles. The summed E-state index contributed by atoms with van der Waals surface area (Å²) in [5, 5.41) is 0. The molecule has 1 fully saturated rings. The van der Waals surface area contributed by atoms with Crippen LogP contribution >= 0.6 is 15.9 Å². The number of benzene rings is 1. The van der Waals surface area contributed by atoms with Gasteiger partial charge in [-0.15, -0.1) is 0 Å². The number of nitrogens with one attached hydrogen (secondary N) is 1. The van der Waals surface area contributed by atoms with Gasteiger partial charge in [0.05, 0.1) is 5.75 Å². The zero-order valence-electron chi connectivity index (χ0n) is 9.39. The Hall–Kier alpha value is -0.590. The molecule has 2 rings (SSSR count). The van der Waals surface area contributed by atoms with E-state index in [4.69, 9.17) is 0 Å². The zero-order chi connectivity index (χ0) is 12.3. The van der Waals surface area contributed by atoms with Crippen molar-refractivity contribution >= 4 is 31.6 Å². The number of hydrogen-bond donors (Lipinski definition) is 1. The topological polar surface area (TPSA) is 49.4 Å². The molecule has 0 unspecified atom stereocenters. The second kappa shape index (κ2) is 5.37. The van der Waals surface area contributed by atoms with Gasteiger partial charge in [-0.1, -0.05) is 15.9 Å². The van der Waals surface area contributed by atoms with Crippen molar-refractivity contribution in [3.8, 4) is 0 Å². The highest BCUT2D eigenvalue weighted by Crippen LogP contribution is 2.19. The number of rotatable bonds is 1. The lowest BCUT2D eigenvalue weighted by molar-refractivity contribution is 0.570. The van der Waals surface area contributed by atoms with E-state index in [1.807, 2.05) is 24.3 Å². The Balaban J connectivity index is 2.05. The minimum Gasteiger partial charge on any atom is -0.370 e.